The molecule has 8 heteroatoms. The van der Waals surface area contributed by atoms with E-state index in [0.717, 1.165) is 11.3 Å². The molecule has 0 spiro atoms. The number of amides is 2. The number of fused-ring (bicyclic) bond motifs is 4. The molecule has 2 amide bonds. The lowest BCUT2D eigenvalue weighted by atomic mass is 9.98. The Hall–Kier alpha value is -3.65. The highest BCUT2D eigenvalue weighted by Crippen LogP contribution is 2.44. The van der Waals surface area contributed by atoms with Gasteiger partial charge in [0.25, 0.3) is 0 Å². The minimum atomic E-state index is -1.12. The van der Waals surface area contributed by atoms with Crippen LogP contribution in [0.15, 0.2) is 66.9 Å². The number of nitrogens with zero attached hydrogens (tertiary/aromatic N) is 4. The zero-order chi connectivity index (χ0) is 20.0. The Kier molecular flexibility index (Phi) is 4.06. The number of rotatable bonds is 5. The Morgan fingerprint density at radius 2 is 1.79 bits per heavy atom. The van der Waals surface area contributed by atoms with E-state index in [1.54, 1.807) is 10.9 Å². The van der Waals surface area contributed by atoms with Gasteiger partial charge >= 0.3 is 12.0 Å². The van der Waals surface area contributed by atoms with E-state index in [1.165, 1.54) is 9.96 Å². The lowest BCUT2D eigenvalue weighted by Crippen LogP contribution is -2.39. The first-order valence-corrected chi connectivity index (χ1v) is 9.28. The van der Waals surface area contributed by atoms with E-state index in [4.69, 9.17) is 4.84 Å². The fourth-order valence-corrected chi connectivity index (χ4v) is 3.98. The van der Waals surface area contributed by atoms with Gasteiger partial charge in [-0.25, -0.2) is 14.3 Å². The molecule has 2 bridgehead atoms. The molecular weight excluding hydrogens is 372 g/mol. The molecule has 2 atom stereocenters. The van der Waals surface area contributed by atoms with Crippen molar-refractivity contribution >= 4 is 12.0 Å². The molecule has 1 saturated heterocycles. The average molecular weight is 390 g/mol. The Balaban J connectivity index is 1.53. The second kappa shape index (κ2) is 6.75. The molecule has 5 rings (SSSR count). The SMILES string of the molecule is O=C(O)C1c2c(cnn2-c2ccccc2)C2CN1C(=O)N2OCc1ccccc1. The Morgan fingerprint density at radius 1 is 1.10 bits per heavy atom. The van der Waals surface area contributed by atoms with E-state index in [9.17, 15) is 14.7 Å². The second-order valence-corrected chi connectivity index (χ2v) is 7.01. The van der Waals surface area contributed by atoms with Crippen LogP contribution >= 0.6 is 0 Å². The van der Waals surface area contributed by atoms with Crippen molar-refractivity contribution in [1.29, 1.82) is 0 Å². The van der Waals surface area contributed by atoms with Gasteiger partial charge in [-0.3, -0.25) is 4.84 Å². The fourth-order valence-electron chi connectivity index (χ4n) is 3.98. The van der Waals surface area contributed by atoms with Crippen LogP contribution in [0.4, 0.5) is 4.79 Å². The van der Waals surface area contributed by atoms with Crippen molar-refractivity contribution < 1.29 is 19.5 Å². The predicted molar refractivity (Wildman–Crippen MR) is 102 cm³/mol. The first-order chi connectivity index (χ1) is 14.1. The van der Waals surface area contributed by atoms with E-state index in [0.29, 0.717) is 11.3 Å². The lowest BCUT2D eigenvalue weighted by molar-refractivity contribution is -0.143. The van der Waals surface area contributed by atoms with Gasteiger partial charge in [0.15, 0.2) is 6.04 Å². The van der Waals surface area contributed by atoms with E-state index >= 15 is 0 Å². The van der Waals surface area contributed by atoms with Crippen molar-refractivity contribution in [2.45, 2.75) is 18.7 Å². The van der Waals surface area contributed by atoms with Gasteiger partial charge in [0.05, 0.1) is 24.1 Å². The van der Waals surface area contributed by atoms with Crippen LogP contribution < -0.4 is 0 Å². The summed E-state index contributed by atoms with van der Waals surface area (Å²) in [6, 6.07) is 16.8. The summed E-state index contributed by atoms with van der Waals surface area (Å²) in [7, 11) is 0. The summed E-state index contributed by atoms with van der Waals surface area (Å²) in [5.41, 5.74) is 2.84. The fraction of sp³-hybridized carbons (Fsp3) is 0.190. The lowest BCUT2D eigenvalue weighted by Gasteiger charge is -2.28. The number of carbonyl (C=O) groups excluding carboxylic acids is 1. The van der Waals surface area contributed by atoms with Crippen LogP contribution in [0.5, 0.6) is 0 Å². The van der Waals surface area contributed by atoms with Gasteiger partial charge in [-0.15, -0.1) is 0 Å². The van der Waals surface area contributed by atoms with Gasteiger partial charge in [-0.05, 0) is 17.7 Å². The third kappa shape index (κ3) is 2.76. The number of carbonyl (C=O) groups is 2. The molecule has 3 aromatic rings. The minimum Gasteiger partial charge on any atom is -0.479 e. The topological polar surface area (TPSA) is 87.9 Å². The highest BCUT2D eigenvalue weighted by Gasteiger charge is 2.53. The van der Waals surface area contributed by atoms with Crippen LogP contribution in [0.2, 0.25) is 0 Å². The monoisotopic (exact) mass is 390 g/mol. The molecule has 1 N–H and O–H groups in total. The number of carboxylic acid groups (broad SMARTS) is 1. The van der Waals surface area contributed by atoms with Gasteiger partial charge in [0, 0.05) is 5.56 Å². The van der Waals surface area contributed by atoms with Gasteiger partial charge < -0.3 is 10.0 Å². The van der Waals surface area contributed by atoms with Crippen molar-refractivity contribution in [3.05, 3.63) is 83.7 Å². The maximum Gasteiger partial charge on any atom is 0.345 e. The summed E-state index contributed by atoms with van der Waals surface area (Å²) in [4.78, 5) is 32.3. The summed E-state index contributed by atoms with van der Waals surface area (Å²) >= 11 is 0. The van der Waals surface area contributed by atoms with Gasteiger partial charge in [-0.2, -0.15) is 10.2 Å². The molecule has 2 unspecified atom stereocenters. The van der Waals surface area contributed by atoms with Crippen LogP contribution in [0, 0.1) is 0 Å². The smallest absolute Gasteiger partial charge is 0.345 e. The maximum absolute atomic E-state index is 13.0. The molecule has 0 aliphatic carbocycles. The average Bonchev–Trinajstić information content (AvgIpc) is 3.29. The van der Waals surface area contributed by atoms with Crippen LogP contribution in [0.25, 0.3) is 5.69 Å². The van der Waals surface area contributed by atoms with Crippen LogP contribution in [0.1, 0.15) is 28.9 Å². The normalized spacial score (nSPS) is 20.1. The van der Waals surface area contributed by atoms with Gasteiger partial charge in [-0.1, -0.05) is 48.5 Å². The van der Waals surface area contributed by atoms with E-state index < -0.39 is 24.1 Å². The third-order valence-electron chi connectivity index (χ3n) is 5.30. The molecule has 1 fully saturated rings. The van der Waals surface area contributed by atoms with Crippen LogP contribution in [-0.4, -0.2) is 43.4 Å². The molecular formula is C21H18N4O4. The van der Waals surface area contributed by atoms with Crippen molar-refractivity contribution in [3.63, 3.8) is 0 Å². The molecule has 2 aliphatic heterocycles. The molecule has 29 heavy (non-hydrogen) atoms. The highest BCUT2D eigenvalue weighted by atomic mass is 16.7. The van der Waals surface area contributed by atoms with Gasteiger partial charge in [0.1, 0.15) is 12.6 Å². The first kappa shape index (κ1) is 17.4. The van der Waals surface area contributed by atoms with Crippen molar-refractivity contribution in [2.24, 2.45) is 0 Å². The number of para-hydroxylation sites is 1. The molecule has 8 nitrogen and oxygen atoms in total. The number of urea groups is 1. The molecule has 2 aliphatic rings. The number of aliphatic carboxylic acids is 1. The first-order valence-electron chi connectivity index (χ1n) is 9.28. The number of hydrogen-bond donors (Lipinski definition) is 1. The number of hydroxylamine groups is 2. The number of aromatic nitrogens is 2. The van der Waals surface area contributed by atoms with E-state index in [2.05, 4.69) is 5.10 Å². The quantitative estimate of drug-likeness (QED) is 0.724. The summed E-state index contributed by atoms with van der Waals surface area (Å²) in [6.07, 6.45) is 1.64. The minimum absolute atomic E-state index is 0.219. The zero-order valence-electron chi connectivity index (χ0n) is 15.4. The molecule has 146 valence electrons. The molecule has 3 heterocycles. The van der Waals surface area contributed by atoms with Crippen molar-refractivity contribution in [1.82, 2.24) is 19.7 Å². The molecule has 1 aromatic heterocycles. The van der Waals surface area contributed by atoms with E-state index in [1.807, 2.05) is 60.7 Å². The number of carboxylic acids is 1. The largest absolute Gasteiger partial charge is 0.479 e. The Labute approximate surface area is 166 Å². The Morgan fingerprint density at radius 3 is 2.48 bits per heavy atom. The maximum atomic E-state index is 13.0. The third-order valence-corrected chi connectivity index (χ3v) is 5.30. The number of hydrogen-bond acceptors (Lipinski definition) is 4. The predicted octanol–water partition coefficient (Wildman–Crippen LogP) is 2.92. The van der Waals surface area contributed by atoms with Crippen LogP contribution in [-0.2, 0) is 16.2 Å². The van der Waals surface area contributed by atoms with E-state index in [-0.39, 0.29) is 13.2 Å². The molecule has 0 saturated carbocycles. The molecule has 2 aromatic carbocycles. The number of benzene rings is 2. The summed E-state index contributed by atoms with van der Waals surface area (Å²) in [6.45, 7) is 0.467. The Bertz CT molecular complexity index is 1070. The van der Waals surface area contributed by atoms with Crippen LogP contribution in [0.3, 0.4) is 0 Å². The highest BCUT2D eigenvalue weighted by molar-refractivity contribution is 5.87. The summed E-state index contributed by atoms with van der Waals surface area (Å²) in [5.74, 6) is -1.10. The molecule has 0 radical (unpaired) electrons. The van der Waals surface area contributed by atoms with Gasteiger partial charge in [0.2, 0.25) is 0 Å². The van der Waals surface area contributed by atoms with Crippen molar-refractivity contribution in [3.8, 4) is 5.69 Å². The second-order valence-electron chi connectivity index (χ2n) is 7.01. The summed E-state index contributed by atoms with van der Waals surface area (Å²) in [5, 5.41) is 15.6. The van der Waals surface area contributed by atoms with Crippen molar-refractivity contribution in [2.75, 3.05) is 6.54 Å². The summed E-state index contributed by atoms with van der Waals surface area (Å²) < 4.78 is 1.60. The standard InChI is InChI=1S/C21H18N4O4/c26-20(27)19-18-16(11-22-24(18)15-9-5-2-6-10-15)17-12-23(19)21(28)25(17)29-13-14-7-3-1-4-8-14/h1-11,17,19H,12-13H2,(H,26,27). The zero-order valence-corrected chi connectivity index (χ0v) is 15.4.